The number of hydrogen-bond acceptors (Lipinski definition) is 5. The maximum absolute atomic E-state index is 12.7. The van der Waals surface area contributed by atoms with E-state index in [1.807, 2.05) is 36.1 Å². The Balaban J connectivity index is 1.57. The molecule has 0 radical (unpaired) electrons. The molecule has 1 aliphatic heterocycles. The molecule has 134 valence electrons. The van der Waals surface area contributed by atoms with Crippen molar-refractivity contribution in [2.24, 2.45) is 0 Å². The maximum Gasteiger partial charge on any atom is 0.322 e. The van der Waals surface area contributed by atoms with Crippen LogP contribution in [0, 0.1) is 6.92 Å². The van der Waals surface area contributed by atoms with Gasteiger partial charge in [-0.3, -0.25) is 0 Å². The van der Waals surface area contributed by atoms with Gasteiger partial charge in [0, 0.05) is 23.7 Å². The molecule has 0 aliphatic carbocycles. The highest BCUT2D eigenvalue weighted by atomic mass is 32.1. The van der Waals surface area contributed by atoms with Gasteiger partial charge in [0.25, 0.3) is 0 Å². The van der Waals surface area contributed by atoms with Crippen molar-refractivity contribution in [1.29, 1.82) is 0 Å². The van der Waals surface area contributed by atoms with Crippen molar-refractivity contribution >= 4 is 39.1 Å². The highest BCUT2D eigenvalue weighted by Crippen LogP contribution is 2.37. The van der Waals surface area contributed by atoms with E-state index in [2.05, 4.69) is 27.5 Å². The smallest absolute Gasteiger partial charge is 0.322 e. The molecular formula is C19H21N5OS. The first kappa shape index (κ1) is 16.8. The number of hydrogen-bond donors (Lipinski definition) is 2. The molecule has 4 rings (SSSR count). The van der Waals surface area contributed by atoms with Gasteiger partial charge in [0.15, 0.2) is 0 Å². The summed E-state index contributed by atoms with van der Waals surface area (Å²) in [5, 5.41) is 7.44. The van der Waals surface area contributed by atoms with Crippen LogP contribution in [-0.4, -0.2) is 34.0 Å². The van der Waals surface area contributed by atoms with Crippen LogP contribution in [0.15, 0.2) is 30.6 Å². The van der Waals surface area contributed by atoms with Crippen LogP contribution in [0.5, 0.6) is 0 Å². The summed E-state index contributed by atoms with van der Waals surface area (Å²) in [7, 11) is 0. The monoisotopic (exact) mass is 367 g/mol. The summed E-state index contributed by atoms with van der Waals surface area (Å²) in [6.07, 6.45) is 2.42. The maximum atomic E-state index is 12.7. The number of aromatic nitrogens is 2. The number of nitrogens with zero attached hydrogens (tertiary/aromatic N) is 3. The summed E-state index contributed by atoms with van der Waals surface area (Å²) in [6.45, 7) is 6.20. The lowest BCUT2D eigenvalue weighted by atomic mass is 10.1. The van der Waals surface area contributed by atoms with Crippen LogP contribution >= 0.6 is 11.3 Å². The quantitative estimate of drug-likeness (QED) is 0.733. The van der Waals surface area contributed by atoms with Gasteiger partial charge in [0.1, 0.15) is 17.0 Å². The number of aryl methyl sites for hydroxylation is 1. The second kappa shape index (κ2) is 6.92. The van der Waals surface area contributed by atoms with Gasteiger partial charge >= 0.3 is 6.03 Å². The summed E-state index contributed by atoms with van der Waals surface area (Å²) < 4.78 is 0. The van der Waals surface area contributed by atoms with E-state index in [0.29, 0.717) is 13.1 Å². The van der Waals surface area contributed by atoms with E-state index in [4.69, 9.17) is 0 Å². The Morgan fingerprint density at radius 2 is 2.23 bits per heavy atom. The van der Waals surface area contributed by atoms with E-state index >= 15 is 0 Å². The van der Waals surface area contributed by atoms with Crippen LogP contribution < -0.4 is 10.6 Å². The Bertz CT molecular complexity index is 968. The molecule has 0 spiro atoms. The number of urea groups is 1. The molecule has 3 aromatic rings. The lowest BCUT2D eigenvalue weighted by molar-refractivity contribution is 0.207. The van der Waals surface area contributed by atoms with Gasteiger partial charge in [-0.25, -0.2) is 14.8 Å². The molecule has 2 aromatic heterocycles. The number of carbonyl (C=O) groups is 1. The molecule has 0 saturated heterocycles. The molecule has 6 nitrogen and oxygen atoms in total. The summed E-state index contributed by atoms with van der Waals surface area (Å²) in [4.78, 5) is 25.5. The molecule has 2 N–H and O–H groups in total. The fourth-order valence-electron chi connectivity index (χ4n) is 3.33. The Hall–Kier alpha value is -2.67. The Labute approximate surface area is 156 Å². The first-order valence-electron chi connectivity index (χ1n) is 8.77. The van der Waals surface area contributed by atoms with Crippen LogP contribution in [-0.2, 0) is 13.0 Å². The third kappa shape index (κ3) is 3.10. The highest BCUT2D eigenvalue weighted by Gasteiger charge is 2.26. The van der Waals surface area contributed by atoms with Crippen LogP contribution in [0.2, 0.25) is 0 Å². The summed E-state index contributed by atoms with van der Waals surface area (Å²) >= 11 is 1.66. The minimum atomic E-state index is -0.0586. The lowest BCUT2D eigenvalue weighted by Gasteiger charge is -2.27. The number of carbonyl (C=O) groups excluding carboxylic acids is 1. The number of thiophene rings is 1. The molecule has 0 unspecified atom stereocenters. The number of amides is 2. The predicted octanol–water partition coefficient (Wildman–Crippen LogP) is 4.02. The van der Waals surface area contributed by atoms with Crippen molar-refractivity contribution in [1.82, 2.24) is 14.9 Å². The third-order valence-corrected chi connectivity index (χ3v) is 5.66. The van der Waals surface area contributed by atoms with Crippen LogP contribution in [0.1, 0.15) is 22.9 Å². The number of nitrogens with one attached hydrogen (secondary N) is 2. The van der Waals surface area contributed by atoms with E-state index in [1.54, 1.807) is 17.7 Å². The second-order valence-corrected chi connectivity index (χ2v) is 7.49. The van der Waals surface area contributed by atoms with E-state index in [9.17, 15) is 4.79 Å². The minimum absolute atomic E-state index is 0.0586. The average Bonchev–Trinajstić information content (AvgIpc) is 3.00. The SMILES string of the molecule is CCNc1ncnc2sc3c(c12)CCN(C(=O)Nc1cccc(C)c1)C3. The molecule has 0 fully saturated rings. The lowest BCUT2D eigenvalue weighted by Crippen LogP contribution is -2.38. The van der Waals surface area contributed by atoms with E-state index in [0.717, 1.165) is 40.3 Å². The highest BCUT2D eigenvalue weighted by molar-refractivity contribution is 7.19. The number of benzene rings is 1. The van der Waals surface area contributed by atoms with Gasteiger partial charge in [-0.2, -0.15) is 0 Å². The predicted molar refractivity (Wildman–Crippen MR) is 106 cm³/mol. The molecule has 1 aromatic carbocycles. The van der Waals surface area contributed by atoms with Gasteiger partial charge in [-0.1, -0.05) is 12.1 Å². The van der Waals surface area contributed by atoms with Crippen molar-refractivity contribution in [2.75, 3.05) is 23.7 Å². The fourth-order valence-corrected chi connectivity index (χ4v) is 4.53. The Morgan fingerprint density at radius 1 is 1.35 bits per heavy atom. The first-order valence-corrected chi connectivity index (χ1v) is 9.59. The van der Waals surface area contributed by atoms with Gasteiger partial charge in [-0.05, 0) is 43.5 Å². The largest absolute Gasteiger partial charge is 0.370 e. The molecule has 0 bridgehead atoms. The van der Waals surface area contributed by atoms with Crippen LogP contribution in [0.25, 0.3) is 10.2 Å². The second-order valence-electron chi connectivity index (χ2n) is 6.41. The van der Waals surface area contributed by atoms with Gasteiger partial charge in [0.2, 0.25) is 0 Å². The fraction of sp³-hybridized carbons (Fsp3) is 0.316. The number of fused-ring (bicyclic) bond motifs is 3. The molecule has 1 aliphatic rings. The Kier molecular flexibility index (Phi) is 4.46. The van der Waals surface area contributed by atoms with E-state index < -0.39 is 0 Å². The molecular weight excluding hydrogens is 346 g/mol. The zero-order valence-corrected chi connectivity index (χ0v) is 15.7. The molecule has 3 heterocycles. The number of anilines is 2. The topological polar surface area (TPSA) is 70.2 Å². The van der Waals surface area contributed by atoms with Gasteiger partial charge in [0.05, 0.1) is 11.9 Å². The summed E-state index contributed by atoms with van der Waals surface area (Å²) in [5.74, 6) is 0.896. The Morgan fingerprint density at radius 3 is 3.04 bits per heavy atom. The standard InChI is InChI=1S/C19H21N5OS/c1-3-20-17-16-14-7-8-24(10-15(14)26-18(16)22-11-21-17)19(25)23-13-6-4-5-12(2)9-13/h4-6,9,11H,3,7-8,10H2,1-2H3,(H,23,25)(H,20,21,22). The first-order chi connectivity index (χ1) is 12.7. The van der Waals surface area contributed by atoms with Crippen molar-refractivity contribution in [3.63, 3.8) is 0 Å². The van der Waals surface area contributed by atoms with Crippen LogP contribution in [0.3, 0.4) is 0 Å². The zero-order valence-electron chi connectivity index (χ0n) is 14.9. The van der Waals surface area contributed by atoms with Crippen molar-refractivity contribution < 1.29 is 4.79 Å². The molecule has 7 heteroatoms. The van der Waals surface area contributed by atoms with E-state index in [1.165, 1.54) is 10.4 Å². The zero-order chi connectivity index (χ0) is 18.1. The molecule has 0 saturated carbocycles. The van der Waals surface area contributed by atoms with Crippen molar-refractivity contribution in [2.45, 2.75) is 26.8 Å². The van der Waals surface area contributed by atoms with Crippen LogP contribution in [0.4, 0.5) is 16.3 Å². The van der Waals surface area contributed by atoms with Crippen molar-refractivity contribution in [3.05, 3.63) is 46.6 Å². The molecule has 0 atom stereocenters. The van der Waals surface area contributed by atoms with E-state index in [-0.39, 0.29) is 6.03 Å². The molecule has 2 amide bonds. The number of rotatable bonds is 3. The van der Waals surface area contributed by atoms with Gasteiger partial charge in [-0.15, -0.1) is 11.3 Å². The third-order valence-electron chi connectivity index (χ3n) is 4.54. The van der Waals surface area contributed by atoms with Crippen molar-refractivity contribution in [3.8, 4) is 0 Å². The molecule has 26 heavy (non-hydrogen) atoms. The van der Waals surface area contributed by atoms with Gasteiger partial charge < -0.3 is 15.5 Å². The minimum Gasteiger partial charge on any atom is -0.370 e. The summed E-state index contributed by atoms with van der Waals surface area (Å²) in [5.41, 5.74) is 3.24. The average molecular weight is 367 g/mol. The summed E-state index contributed by atoms with van der Waals surface area (Å²) in [6, 6.07) is 7.80. The normalized spacial score (nSPS) is 13.5.